The van der Waals surface area contributed by atoms with E-state index < -0.39 is 0 Å². The van der Waals surface area contributed by atoms with E-state index in [2.05, 4.69) is 47.3 Å². The summed E-state index contributed by atoms with van der Waals surface area (Å²) in [6, 6.07) is 5.85. The van der Waals surface area contributed by atoms with Crippen LogP contribution in [0.15, 0.2) is 22.7 Å². The highest BCUT2D eigenvalue weighted by Gasteiger charge is 2.37. The predicted octanol–water partition coefficient (Wildman–Crippen LogP) is 5.91. The normalized spacial score (nSPS) is 21.4. The molecule has 0 bridgehead atoms. The largest absolute Gasteiger partial charge is 0.496 e. The molecule has 2 N–H and O–H groups in total. The first-order valence-electron chi connectivity index (χ1n) is 9.89. The van der Waals surface area contributed by atoms with Crippen molar-refractivity contribution in [3.63, 3.8) is 0 Å². The highest BCUT2D eigenvalue weighted by atomic mass is 79.9. The van der Waals surface area contributed by atoms with Crippen LogP contribution in [0, 0.1) is 11.3 Å². The molecule has 0 unspecified atom stereocenters. The minimum atomic E-state index is -0.296. The summed E-state index contributed by atoms with van der Waals surface area (Å²) < 4.78 is 6.47. The topological polar surface area (TPSA) is 50.4 Å². The third-order valence-electron chi connectivity index (χ3n) is 6.56. The van der Waals surface area contributed by atoms with Crippen LogP contribution in [0.2, 0.25) is 0 Å². The predicted molar refractivity (Wildman–Crippen MR) is 118 cm³/mol. The molecule has 0 spiro atoms. The third-order valence-corrected chi connectivity index (χ3v) is 8.24. The number of fused-ring (bicyclic) bond motifs is 3. The maximum Gasteiger partial charge on any atom is 0.256 e. The fraction of sp³-hybridized carbons (Fsp3) is 0.500. The first-order valence-corrected chi connectivity index (χ1v) is 11.5. The second-order valence-corrected chi connectivity index (χ2v) is 10.4. The molecule has 4 rings (SSSR count). The third kappa shape index (κ3) is 3.35. The van der Waals surface area contributed by atoms with Gasteiger partial charge in [-0.2, -0.15) is 0 Å². The van der Waals surface area contributed by atoms with E-state index in [1.54, 1.807) is 18.4 Å². The number of halogens is 1. The van der Waals surface area contributed by atoms with E-state index in [9.17, 15) is 4.79 Å². The summed E-state index contributed by atoms with van der Waals surface area (Å²) in [6.45, 7) is 7.02. The number of benzene rings is 1. The molecule has 2 atom stereocenters. The van der Waals surface area contributed by atoms with Gasteiger partial charge in [-0.1, -0.05) is 43.1 Å². The summed E-state index contributed by atoms with van der Waals surface area (Å²) in [5.41, 5.74) is 3.38. The average Bonchev–Trinajstić information content (AvgIpc) is 3.06. The van der Waals surface area contributed by atoms with E-state index >= 15 is 0 Å². The van der Waals surface area contributed by atoms with Gasteiger partial charge in [0.05, 0.1) is 12.7 Å². The van der Waals surface area contributed by atoms with Gasteiger partial charge in [-0.05, 0) is 54.4 Å². The molecule has 0 saturated carbocycles. The molecule has 1 amide bonds. The van der Waals surface area contributed by atoms with Gasteiger partial charge in [0, 0.05) is 14.9 Å². The molecule has 2 aliphatic rings. The lowest BCUT2D eigenvalue weighted by atomic mass is 9.69. The van der Waals surface area contributed by atoms with Crippen LogP contribution in [0.1, 0.15) is 66.1 Å². The standard InChI is InChI=1S/C22H27BrN2O2S/c1-5-22(2,3)12-6-8-14-17(10-12)28-21-18(14)20(26)24-19(25-21)15-11-13(23)7-9-16(15)27-4/h7,9,11-12,19,25H,5-6,8,10H2,1-4H3,(H,24,26)/t12-,19+/m0/s1. The van der Waals surface area contributed by atoms with Crippen molar-refractivity contribution in [2.24, 2.45) is 11.3 Å². The summed E-state index contributed by atoms with van der Waals surface area (Å²) in [6.07, 6.45) is 4.12. The number of anilines is 1. The van der Waals surface area contributed by atoms with Gasteiger partial charge in [0.1, 0.15) is 16.9 Å². The number of methoxy groups -OCH3 is 1. The van der Waals surface area contributed by atoms with E-state index in [1.165, 1.54) is 16.9 Å². The van der Waals surface area contributed by atoms with Crippen molar-refractivity contribution >= 4 is 38.2 Å². The number of carbonyl (C=O) groups is 1. The summed E-state index contributed by atoms with van der Waals surface area (Å²) in [4.78, 5) is 14.4. The van der Waals surface area contributed by atoms with Gasteiger partial charge in [0.25, 0.3) is 5.91 Å². The van der Waals surface area contributed by atoms with Crippen LogP contribution >= 0.6 is 27.3 Å². The number of ether oxygens (including phenoxy) is 1. The zero-order chi connectivity index (χ0) is 20.1. The minimum absolute atomic E-state index is 0.0199. The average molecular weight is 463 g/mol. The molecule has 6 heteroatoms. The lowest BCUT2D eigenvalue weighted by Crippen LogP contribution is -2.38. The fourth-order valence-electron chi connectivity index (χ4n) is 4.34. The van der Waals surface area contributed by atoms with Crippen molar-refractivity contribution < 1.29 is 9.53 Å². The summed E-state index contributed by atoms with van der Waals surface area (Å²) in [5, 5.41) is 7.69. The molecule has 1 aromatic carbocycles. The van der Waals surface area contributed by atoms with Crippen LogP contribution in [0.5, 0.6) is 5.75 Å². The maximum absolute atomic E-state index is 13.0. The number of nitrogens with one attached hydrogen (secondary N) is 2. The van der Waals surface area contributed by atoms with Crippen molar-refractivity contribution in [1.82, 2.24) is 5.32 Å². The van der Waals surface area contributed by atoms with Crippen molar-refractivity contribution in [2.75, 3.05) is 12.4 Å². The smallest absolute Gasteiger partial charge is 0.256 e. The van der Waals surface area contributed by atoms with Gasteiger partial charge in [-0.3, -0.25) is 4.79 Å². The Morgan fingerprint density at radius 1 is 1.32 bits per heavy atom. The number of thiophene rings is 1. The van der Waals surface area contributed by atoms with Crippen LogP contribution < -0.4 is 15.4 Å². The Morgan fingerprint density at radius 3 is 2.82 bits per heavy atom. The zero-order valence-corrected chi connectivity index (χ0v) is 19.2. The van der Waals surface area contributed by atoms with Crippen LogP contribution in [0.4, 0.5) is 5.00 Å². The van der Waals surface area contributed by atoms with E-state index in [1.807, 2.05) is 18.2 Å². The molecule has 4 nitrogen and oxygen atoms in total. The summed E-state index contributed by atoms with van der Waals surface area (Å²) in [7, 11) is 1.66. The number of carbonyl (C=O) groups excluding carboxylic acids is 1. The van der Waals surface area contributed by atoms with Crippen LogP contribution in [-0.4, -0.2) is 13.0 Å². The fourth-order valence-corrected chi connectivity index (χ4v) is 6.07. The Morgan fingerprint density at radius 2 is 2.11 bits per heavy atom. The number of hydrogen-bond acceptors (Lipinski definition) is 4. The van der Waals surface area contributed by atoms with Crippen molar-refractivity contribution in [3.8, 4) is 5.75 Å². The minimum Gasteiger partial charge on any atom is -0.496 e. The summed E-state index contributed by atoms with van der Waals surface area (Å²) >= 11 is 5.29. The summed E-state index contributed by atoms with van der Waals surface area (Å²) in [5.74, 6) is 1.45. The molecule has 2 heterocycles. The lowest BCUT2D eigenvalue weighted by Gasteiger charge is -2.36. The Labute approximate surface area is 179 Å². The van der Waals surface area contributed by atoms with Gasteiger partial charge >= 0.3 is 0 Å². The molecule has 0 saturated heterocycles. The van der Waals surface area contributed by atoms with Crippen molar-refractivity contribution in [3.05, 3.63) is 44.2 Å². The zero-order valence-electron chi connectivity index (χ0n) is 16.8. The molecular weight excluding hydrogens is 436 g/mol. The van der Waals surface area contributed by atoms with E-state index in [0.29, 0.717) is 11.3 Å². The van der Waals surface area contributed by atoms with Crippen LogP contribution in [0.25, 0.3) is 0 Å². The van der Waals surface area contributed by atoms with Crippen molar-refractivity contribution in [2.45, 2.75) is 52.6 Å². The molecular formula is C22H27BrN2O2S. The molecule has 1 aliphatic carbocycles. The van der Waals surface area contributed by atoms with Gasteiger partial charge < -0.3 is 15.4 Å². The second-order valence-electron chi connectivity index (χ2n) is 8.43. The van der Waals surface area contributed by atoms with Crippen molar-refractivity contribution in [1.29, 1.82) is 0 Å². The van der Waals surface area contributed by atoms with Gasteiger partial charge in [-0.15, -0.1) is 11.3 Å². The molecule has 0 fully saturated rings. The molecule has 0 radical (unpaired) electrons. The highest BCUT2D eigenvalue weighted by molar-refractivity contribution is 9.10. The lowest BCUT2D eigenvalue weighted by molar-refractivity contribution is 0.0934. The van der Waals surface area contributed by atoms with E-state index in [-0.39, 0.29) is 12.1 Å². The molecule has 2 aromatic rings. The van der Waals surface area contributed by atoms with Gasteiger partial charge in [0.2, 0.25) is 0 Å². The highest BCUT2D eigenvalue weighted by Crippen LogP contribution is 2.47. The Kier molecular flexibility index (Phi) is 5.21. The Bertz CT molecular complexity index is 922. The molecule has 1 aliphatic heterocycles. The van der Waals surface area contributed by atoms with E-state index in [0.717, 1.165) is 45.6 Å². The second kappa shape index (κ2) is 7.38. The number of amides is 1. The quantitative estimate of drug-likeness (QED) is 0.592. The molecule has 150 valence electrons. The Balaban J connectivity index is 1.66. The van der Waals surface area contributed by atoms with E-state index in [4.69, 9.17) is 4.74 Å². The SMILES string of the molecule is CCC(C)(C)[C@H]1CCc2c(sc3c2C(=O)N[C@@H](c2cc(Br)ccc2OC)N3)C1. The van der Waals surface area contributed by atoms with Gasteiger partial charge in [-0.25, -0.2) is 0 Å². The monoisotopic (exact) mass is 462 g/mol. The first-order chi connectivity index (χ1) is 13.3. The molecule has 28 heavy (non-hydrogen) atoms. The maximum atomic E-state index is 13.0. The first kappa shape index (κ1) is 19.8. The number of rotatable bonds is 4. The van der Waals surface area contributed by atoms with Crippen LogP contribution in [-0.2, 0) is 12.8 Å². The number of hydrogen-bond donors (Lipinski definition) is 2. The van der Waals surface area contributed by atoms with Crippen LogP contribution in [0.3, 0.4) is 0 Å². The van der Waals surface area contributed by atoms with Gasteiger partial charge in [0.15, 0.2) is 0 Å². The molecule has 1 aromatic heterocycles. The Hall–Kier alpha value is -1.53.